The molecule has 0 spiro atoms. The first-order valence-corrected chi connectivity index (χ1v) is 10.9. The highest BCUT2D eigenvalue weighted by atomic mass is 32.2. The van der Waals surface area contributed by atoms with Crippen LogP contribution in [0.3, 0.4) is 0 Å². The Kier molecular flexibility index (Phi) is 6.84. The lowest BCUT2D eigenvalue weighted by molar-refractivity contribution is -0.384. The summed E-state index contributed by atoms with van der Waals surface area (Å²) in [6.07, 6.45) is 0. The van der Waals surface area contributed by atoms with Gasteiger partial charge >= 0.3 is 0 Å². The van der Waals surface area contributed by atoms with Crippen LogP contribution in [0.4, 0.5) is 11.4 Å². The van der Waals surface area contributed by atoms with E-state index in [0.717, 1.165) is 12.1 Å². The fourth-order valence-electron chi connectivity index (χ4n) is 3.11. The predicted octanol–water partition coefficient (Wildman–Crippen LogP) is 4.02. The van der Waals surface area contributed by atoms with Gasteiger partial charge in [-0.25, -0.2) is 8.42 Å². The Hall–Kier alpha value is -3.79. The standard InChI is InChI=1S/C22H22N2O7S/c1-29-19-12-18(13-20(14-19)30-2)23(15-16-6-4-5-7-22(16)31-3)32(27,28)21-10-8-17(9-11-21)24(25)26/h4-14H,15H2,1-3H3. The van der Waals surface area contributed by atoms with E-state index in [0.29, 0.717) is 28.5 Å². The first kappa shape index (κ1) is 22.9. The predicted molar refractivity (Wildman–Crippen MR) is 119 cm³/mol. The quantitative estimate of drug-likeness (QED) is 0.352. The number of nitrogens with zero attached hydrogens (tertiary/aromatic N) is 2. The first-order valence-electron chi connectivity index (χ1n) is 9.42. The largest absolute Gasteiger partial charge is 0.497 e. The molecule has 0 heterocycles. The molecule has 0 unspecified atom stereocenters. The van der Waals surface area contributed by atoms with Crippen molar-refractivity contribution < 1.29 is 27.6 Å². The number of ether oxygens (including phenoxy) is 3. The van der Waals surface area contributed by atoms with E-state index >= 15 is 0 Å². The number of methoxy groups -OCH3 is 3. The molecule has 0 aromatic heterocycles. The molecule has 0 bridgehead atoms. The van der Waals surface area contributed by atoms with Crippen LogP contribution in [0.5, 0.6) is 17.2 Å². The van der Waals surface area contributed by atoms with Gasteiger partial charge in [-0.2, -0.15) is 0 Å². The molecule has 10 heteroatoms. The monoisotopic (exact) mass is 458 g/mol. The third-order valence-electron chi connectivity index (χ3n) is 4.77. The Labute approximate surface area is 186 Å². The maximum absolute atomic E-state index is 13.7. The number of sulfonamides is 1. The van der Waals surface area contributed by atoms with Gasteiger partial charge in [-0.1, -0.05) is 18.2 Å². The van der Waals surface area contributed by atoms with Crippen LogP contribution in [-0.4, -0.2) is 34.7 Å². The lowest BCUT2D eigenvalue weighted by atomic mass is 10.2. The molecule has 0 fully saturated rings. The van der Waals surface area contributed by atoms with E-state index < -0.39 is 14.9 Å². The third kappa shape index (κ3) is 4.75. The second-order valence-electron chi connectivity index (χ2n) is 6.65. The molecule has 0 amide bonds. The summed E-state index contributed by atoms with van der Waals surface area (Å²) in [4.78, 5) is 10.3. The zero-order valence-electron chi connectivity index (χ0n) is 17.7. The molecule has 168 valence electrons. The van der Waals surface area contributed by atoms with Crippen LogP contribution in [0, 0.1) is 10.1 Å². The molecular weight excluding hydrogens is 436 g/mol. The Morgan fingerprint density at radius 2 is 1.47 bits per heavy atom. The van der Waals surface area contributed by atoms with Crippen molar-refractivity contribution in [3.8, 4) is 17.2 Å². The number of nitro benzene ring substituents is 1. The number of benzene rings is 3. The minimum absolute atomic E-state index is 0.0559. The summed E-state index contributed by atoms with van der Waals surface area (Å²) < 4.78 is 44.5. The van der Waals surface area contributed by atoms with Gasteiger partial charge in [-0.3, -0.25) is 14.4 Å². The van der Waals surface area contributed by atoms with E-state index in [1.54, 1.807) is 42.5 Å². The minimum Gasteiger partial charge on any atom is -0.497 e. The van der Waals surface area contributed by atoms with Gasteiger partial charge in [-0.05, 0) is 18.2 Å². The number of rotatable bonds is 9. The normalized spacial score (nSPS) is 11.0. The number of hydrogen-bond donors (Lipinski definition) is 0. The summed E-state index contributed by atoms with van der Waals surface area (Å²) in [5.74, 6) is 1.33. The van der Waals surface area contributed by atoms with Gasteiger partial charge in [0.2, 0.25) is 0 Å². The Morgan fingerprint density at radius 1 is 0.875 bits per heavy atom. The van der Waals surface area contributed by atoms with E-state index in [2.05, 4.69) is 0 Å². The molecular formula is C22H22N2O7S. The van der Waals surface area contributed by atoms with E-state index in [1.165, 1.54) is 37.8 Å². The first-order chi connectivity index (χ1) is 15.3. The maximum atomic E-state index is 13.7. The fourth-order valence-corrected chi connectivity index (χ4v) is 4.53. The summed E-state index contributed by atoms with van der Waals surface area (Å²) in [5, 5.41) is 11.0. The molecule has 32 heavy (non-hydrogen) atoms. The highest BCUT2D eigenvalue weighted by Gasteiger charge is 2.28. The van der Waals surface area contributed by atoms with Crippen LogP contribution in [0.15, 0.2) is 71.6 Å². The Balaban J connectivity index is 2.16. The van der Waals surface area contributed by atoms with Crippen molar-refractivity contribution in [3.05, 3.63) is 82.4 Å². The highest BCUT2D eigenvalue weighted by molar-refractivity contribution is 7.92. The maximum Gasteiger partial charge on any atom is 0.269 e. The molecule has 0 saturated heterocycles. The van der Waals surface area contributed by atoms with Gasteiger partial charge in [0, 0.05) is 35.9 Å². The molecule has 9 nitrogen and oxygen atoms in total. The van der Waals surface area contributed by atoms with Gasteiger partial charge in [-0.15, -0.1) is 0 Å². The zero-order chi connectivity index (χ0) is 23.3. The molecule has 3 aromatic rings. The topological polar surface area (TPSA) is 108 Å². The van der Waals surface area contributed by atoms with Crippen molar-refractivity contribution in [2.24, 2.45) is 0 Å². The molecule has 0 atom stereocenters. The number of nitro groups is 1. The van der Waals surface area contributed by atoms with Crippen molar-refractivity contribution in [3.63, 3.8) is 0 Å². The van der Waals surface area contributed by atoms with E-state index in [-0.39, 0.29) is 17.1 Å². The number of para-hydroxylation sites is 1. The van der Waals surface area contributed by atoms with E-state index in [1.807, 2.05) is 0 Å². The third-order valence-corrected chi connectivity index (χ3v) is 6.55. The van der Waals surface area contributed by atoms with Gasteiger partial charge in [0.15, 0.2) is 0 Å². The second kappa shape index (κ2) is 9.56. The minimum atomic E-state index is -4.13. The smallest absolute Gasteiger partial charge is 0.269 e. The molecule has 0 saturated carbocycles. The lowest BCUT2D eigenvalue weighted by Crippen LogP contribution is -2.30. The van der Waals surface area contributed by atoms with Crippen LogP contribution in [0.2, 0.25) is 0 Å². The van der Waals surface area contributed by atoms with Crippen LogP contribution >= 0.6 is 0 Å². The lowest BCUT2D eigenvalue weighted by Gasteiger charge is -2.26. The number of non-ortho nitro benzene ring substituents is 1. The molecule has 0 aliphatic heterocycles. The van der Waals surface area contributed by atoms with Crippen molar-refractivity contribution in [2.45, 2.75) is 11.4 Å². The summed E-state index contributed by atoms with van der Waals surface area (Å²) in [7, 11) is 0.309. The van der Waals surface area contributed by atoms with Gasteiger partial charge in [0.25, 0.3) is 15.7 Å². The summed E-state index contributed by atoms with van der Waals surface area (Å²) >= 11 is 0. The van der Waals surface area contributed by atoms with Crippen molar-refractivity contribution >= 4 is 21.4 Å². The second-order valence-corrected chi connectivity index (χ2v) is 8.51. The van der Waals surface area contributed by atoms with Crippen molar-refractivity contribution in [1.29, 1.82) is 0 Å². The van der Waals surface area contributed by atoms with Crippen molar-refractivity contribution in [1.82, 2.24) is 0 Å². The van der Waals surface area contributed by atoms with Crippen LogP contribution in [0.25, 0.3) is 0 Å². The van der Waals surface area contributed by atoms with Crippen LogP contribution < -0.4 is 18.5 Å². The molecule has 0 aliphatic carbocycles. The highest BCUT2D eigenvalue weighted by Crippen LogP contribution is 2.34. The van der Waals surface area contributed by atoms with Gasteiger partial charge in [0.1, 0.15) is 17.2 Å². The number of anilines is 1. The summed E-state index contributed by atoms with van der Waals surface area (Å²) in [6.45, 7) is -0.0559. The zero-order valence-corrected chi connectivity index (χ0v) is 18.5. The average Bonchev–Trinajstić information content (AvgIpc) is 2.82. The van der Waals surface area contributed by atoms with E-state index in [4.69, 9.17) is 14.2 Å². The molecule has 3 aromatic carbocycles. The van der Waals surface area contributed by atoms with Crippen LogP contribution in [0.1, 0.15) is 5.56 Å². The summed E-state index contributed by atoms with van der Waals surface area (Å²) in [5.41, 5.74) is 0.719. The van der Waals surface area contributed by atoms with Crippen LogP contribution in [-0.2, 0) is 16.6 Å². The fraction of sp³-hybridized carbons (Fsp3) is 0.182. The average molecular weight is 458 g/mol. The van der Waals surface area contributed by atoms with Gasteiger partial charge in [0.05, 0.1) is 43.4 Å². The van der Waals surface area contributed by atoms with Gasteiger partial charge < -0.3 is 14.2 Å². The van der Waals surface area contributed by atoms with Crippen molar-refractivity contribution in [2.75, 3.05) is 25.6 Å². The number of hydrogen-bond acceptors (Lipinski definition) is 7. The molecule has 0 radical (unpaired) electrons. The molecule has 0 N–H and O–H groups in total. The molecule has 3 rings (SSSR count). The Morgan fingerprint density at radius 3 is 2.00 bits per heavy atom. The van der Waals surface area contributed by atoms with E-state index in [9.17, 15) is 18.5 Å². The Bertz CT molecular complexity index is 1190. The SMILES string of the molecule is COc1cc(OC)cc(N(Cc2ccccc2OC)S(=O)(=O)c2ccc([N+](=O)[O-])cc2)c1. The molecule has 0 aliphatic rings. The summed E-state index contributed by atoms with van der Waals surface area (Å²) in [6, 6.07) is 16.5.